The molecule has 1 unspecified atom stereocenters. The second-order valence-electron chi connectivity index (χ2n) is 7.84. The first kappa shape index (κ1) is 19.5. The van der Waals surface area contributed by atoms with Crippen molar-refractivity contribution in [1.29, 1.82) is 0 Å². The second-order valence-corrected chi connectivity index (χ2v) is 7.84. The molecule has 1 aromatic heterocycles. The van der Waals surface area contributed by atoms with Gasteiger partial charge in [-0.15, -0.1) is 0 Å². The lowest BCUT2D eigenvalue weighted by molar-refractivity contribution is -0.131. The first-order valence-electron chi connectivity index (χ1n) is 9.17. The molecule has 2 aromatic rings. The van der Waals surface area contributed by atoms with Gasteiger partial charge in [-0.05, 0) is 51.1 Å². The van der Waals surface area contributed by atoms with E-state index in [4.69, 9.17) is 0 Å². The van der Waals surface area contributed by atoms with Gasteiger partial charge in [0.15, 0.2) is 0 Å². The molecular formula is C21H24N4O3. The number of pyridine rings is 1. The Morgan fingerprint density at radius 3 is 2.43 bits per heavy atom. The molecule has 1 fully saturated rings. The normalized spacial score (nSPS) is 16.8. The van der Waals surface area contributed by atoms with E-state index in [0.29, 0.717) is 23.5 Å². The first-order chi connectivity index (χ1) is 13.2. The Kier molecular flexibility index (Phi) is 5.44. The van der Waals surface area contributed by atoms with Crippen LogP contribution in [0.15, 0.2) is 48.8 Å². The van der Waals surface area contributed by atoms with Crippen LogP contribution in [0.3, 0.4) is 0 Å². The zero-order valence-electron chi connectivity index (χ0n) is 16.2. The average molecular weight is 380 g/mol. The number of anilines is 2. The van der Waals surface area contributed by atoms with Gasteiger partial charge in [0.25, 0.3) is 5.91 Å². The van der Waals surface area contributed by atoms with Gasteiger partial charge in [-0.2, -0.15) is 0 Å². The van der Waals surface area contributed by atoms with E-state index in [1.165, 1.54) is 6.20 Å². The summed E-state index contributed by atoms with van der Waals surface area (Å²) in [6.45, 7) is 6.28. The number of amides is 3. The Balaban J connectivity index is 1.64. The molecule has 0 radical (unpaired) electrons. The van der Waals surface area contributed by atoms with Gasteiger partial charge in [0.2, 0.25) is 11.8 Å². The highest BCUT2D eigenvalue weighted by Gasteiger charge is 2.39. The highest BCUT2D eigenvalue weighted by atomic mass is 16.2. The predicted octanol–water partition coefficient (Wildman–Crippen LogP) is 2.92. The molecule has 2 N–H and O–H groups in total. The van der Waals surface area contributed by atoms with Gasteiger partial charge < -0.3 is 15.5 Å². The molecule has 3 rings (SSSR count). The van der Waals surface area contributed by atoms with Crippen LogP contribution >= 0.6 is 0 Å². The molecule has 2 heterocycles. The van der Waals surface area contributed by atoms with E-state index in [2.05, 4.69) is 15.6 Å². The maximum atomic E-state index is 12.6. The van der Waals surface area contributed by atoms with Crippen molar-refractivity contribution in [3.05, 3.63) is 54.4 Å². The summed E-state index contributed by atoms with van der Waals surface area (Å²) in [5, 5.41) is 5.63. The van der Waals surface area contributed by atoms with Gasteiger partial charge >= 0.3 is 0 Å². The van der Waals surface area contributed by atoms with Gasteiger partial charge in [-0.3, -0.25) is 19.4 Å². The molecule has 1 aliphatic rings. The smallest absolute Gasteiger partial charge is 0.257 e. The van der Waals surface area contributed by atoms with Gasteiger partial charge in [0, 0.05) is 42.3 Å². The first-order valence-corrected chi connectivity index (χ1v) is 9.17. The van der Waals surface area contributed by atoms with Gasteiger partial charge in [0.1, 0.15) is 0 Å². The molecule has 7 heteroatoms. The third kappa shape index (κ3) is 4.54. The number of hydrogen-bond donors (Lipinski definition) is 2. The summed E-state index contributed by atoms with van der Waals surface area (Å²) in [5.41, 5.74) is 1.27. The Bertz CT molecular complexity index is 890. The summed E-state index contributed by atoms with van der Waals surface area (Å²) < 4.78 is 0. The molecule has 0 spiro atoms. The van der Waals surface area contributed by atoms with Crippen LogP contribution in [-0.2, 0) is 9.59 Å². The minimum Gasteiger partial charge on any atom is -0.337 e. The van der Waals surface area contributed by atoms with E-state index < -0.39 is 0 Å². The molecule has 0 saturated carbocycles. The highest BCUT2D eigenvalue weighted by molar-refractivity contribution is 6.04. The van der Waals surface area contributed by atoms with Crippen LogP contribution in [0.25, 0.3) is 0 Å². The quantitative estimate of drug-likeness (QED) is 0.853. The zero-order valence-corrected chi connectivity index (χ0v) is 16.2. The number of nitrogens with one attached hydrogen (secondary N) is 2. The number of benzene rings is 1. The van der Waals surface area contributed by atoms with Crippen LogP contribution in [0.1, 0.15) is 37.6 Å². The fourth-order valence-electron chi connectivity index (χ4n) is 3.15. The lowest BCUT2D eigenvalue weighted by Crippen LogP contribution is -2.42. The van der Waals surface area contributed by atoms with Crippen molar-refractivity contribution < 1.29 is 14.4 Å². The summed E-state index contributed by atoms with van der Waals surface area (Å²) in [4.78, 5) is 42.7. The van der Waals surface area contributed by atoms with Crippen molar-refractivity contribution in [2.24, 2.45) is 5.92 Å². The summed E-state index contributed by atoms with van der Waals surface area (Å²) in [6.07, 6.45) is 3.29. The van der Waals surface area contributed by atoms with E-state index in [1.807, 2.05) is 20.8 Å². The van der Waals surface area contributed by atoms with Crippen LogP contribution < -0.4 is 10.6 Å². The summed E-state index contributed by atoms with van der Waals surface area (Å²) in [5.74, 6) is -0.875. The van der Waals surface area contributed by atoms with Crippen molar-refractivity contribution in [3.63, 3.8) is 0 Å². The molecule has 28 heavy (non-hydrogen) atoms. The van der Waals surface area contributed by atoms with Gasteiger partial charge in [0.05, 0.1) is 11.5 Å². The van der Waals surface area contributed by atoms with Crippen LogP contribution in [0.4, 0.5) is 11.4 Å². The average Bonchev–Trinajstić information content (AvgIpc) is 3.05. The van der Waals surface area contributed by atoms with E-state index in [9.17, 15) is 14.4 Å². The number of carbonyl (C=O) groups excluding carboxylic acids is 3. The Morgan fingerprint density at radius 2 is 1.82 bits per heavy atom. The molecule has 146 valence electrons. The van der Waals surface area contributed by atoms with Crippen molar-refractivity contribution in [2.75, 3.05) is 17.2 Å². The third-order valence-corrected chi connectivity index (χ3v) is 4.62. The van der Waals surface area contributed by atoms with Crippen molar-refractivity contribution >= 4 is 29.1 Å². The number of rotatable bonds is 4. The maximum Gasteiger partial charge on any atom is 0.257 e. The van der Waals surface area contributed by atoms with Crippen LogP contribution in [-0.4, -0.2) is 39.7 Å². The fourth-order valence-corrected chi connectivity index (χ4v) is 3.15. The van der Waals surface area contributed by atoms with E-state index in [1.54, 1.807) is 47.5 Å². The molecule has 0 bridgehead atoms. The number of carbonyl (C=O) groups is 3. The molecule has 3 amide bonds. The predicted molar refractivity (Wildman–Crippen MR) is 107 cm³/mol. The Hall–Kier alpha value is -3.22. The van der Waals surface area contributed by atoms with Crippen molar-refractivity contribution in [2.45, 2.75) is 32.7 Å². The minimum absolute atomic E-state index is 0.00913. The zero-order chi connectivity index (χ0) is 20.3. The summed E-state index contributed by atoms with van der Waals surface area (Å²) in [6, 6.07) is 10.3. The molecule has 1 aromatic carbocycles. The van der Waals surface area contributed by atoms with Gasteiger partial charge in [-0.1, -0.05) is 6.07 Å². The highest BCUT2D eigenvalue weighted by Crippen LogP contribution is 2.27. The Labute approximate surface area is 164 Å². The van der Waals surface area contributed by atoms with Crippen LogP contribution in [0.5, 0.6) is 0 Å². The Morgan fingerprint density at radius 1 is 1.11 bits per heavy atom. The number of hydrogen-bond acceptors (Lipinski definition) is 4. The topological polar surface area (TPSA) is 91.4 Å². The third-order valence-electron chi connectivity index (χ3n) is 4.62. The SMILES string of the molecule is CC(C)(C)N1CC(C(=O)Nc2cccc(NC(=O)c3cccnc3)c2)CC1=O. The lowest BCUT2D eigenvalue weighted by Gasteiger charge is -2.31. The van der Waals surface area contributed by atoms with E-state index in [0.717, 1.165) is 0 Å². The van der Waals surface area contributed by atoms with E-state index >= 15 is 0 Å². The number of nitrogens with zero attached hydrogens (tertiary/aromatic N) is 2. The monoisotopic (exact) mass is 380 g/mol. The number of likely N-dealkylation sites (tertiary alicyclic amines) is 1. The molecule has 7 nitrogen and oxygen atoms in total. The molecule has 1 atom stereocenters. The second kappa shape index (κ2) is 7.80. The molecule has 0 aliphatic carbocycles. The van der Waals surface area contributed by atoms with Crippen molar-refractivity contribution in [3.8, 4) is 0 Å². The largest absolute Gasteiger partial charge is 0.337 e. The molecule has 1 aliphatic heterocycles. The summed E-state index contributed by atoms with van der Waals surface area (Å²) >= 11 is 0. The maximum absolute atomic E-state index is 12.6. The van der Waals surface area contributed by atoms with Crippen LogP contribution in [0, 0.1) is 5.92 Å². The van der Waals surface area contributed by atoms with Crippen molar-refractivity contribution in [1.82, 2.24) is 9.88 Å². The van der Waals surface area contributed by atoms with Gasteiger partial charge in [-0.25, -0.2) is 0 Å². The summed E-state index contributed by atoms with van der Waals surface area (Å²) in [7, 11) is 0. The minimum atomic E-state index is -0.389. The lowest BCUT2D eigenvalue weighted by atomic mass is 10.1. The molecular weight excluding hydrogens is 356 g/mol. The van der Waals surface area contributed by atoms with E-state index in [-0.39, 0.29) is 35.6 Å². The fraction of sp³-hybridized carbons (Fsp3) is 0.333. The number of aromatic nitrogens is 1. The van der Waals surface area contributed by atoms with Crippen LogP contribution in [0.2, 0.25) is 0 Å². The standard InChI is InChI=1S/C21H24N4O3/c1-21(2,3)25-13-15(10-18(25)26)20(28)24-17-8-4-7-16(11-17)23-19(27)14-6-5-9-22-12-14/h4-9,11-12,15H,10,13H2,1-3H3,(H,23,27)(H,24,28). The molecule has 1 saturated heterocycles.